The molecule has 0 aliphatic heterocycles. The summed E-state index contributed by atoms with van der Waals surface area (Å²) in [5.74, 6) is 0.925. The average Bonchev–Trinajstić information content (AvgIpc) is 3.09. The summed E-state index contributed by atoms with van der Waals surface area (Å²) in [5, 5.41) is 10.7. The van der Waals surface area contributed by atoms with E-state index in [1.807, 2.05) is 55.5 Å². The quantitative estimate of drug-likeness (QED) is 0.656. The molecule has 1 heterocycles. The molecule has 0 spiro atoms. The molecule has 3 rings (SSSR count). The van der Waals surface area contributed by atoms with Crippen LogP contribution >= 0.6 is 11.8 Å². The second-order valence-electron chi connectivity index (χ2n) is 5.63. The smallest absolute Gasteiger partial charge is 0.234 e. The fourth-order valence-corrected chi connectivity index (χ4v) is 3.14. The molecule has 25 heavy (non-hydrogen) atoms. The highest BCUT2D eigenvalue weighted by Crippen LogP contribution is 2.22. The summed E-state index contributed by atoms with van der Waals surface area (Å²) < 4.78 is 0. The number of aromatic nitrogens is 3. The molecule has 0 bridgehead atoms. The molecule has 0 unspecified atom stereocenters. The number of nitrogens with one attached hydrogen (secondary N) is 2. The first-order chi connectivity index (χ1) is 12.2. The molecule has 6 heteroatoms. The van der Waals surface area contributed by atoms with E-state index in [0.717, 1.165) is 34.6 Å². The predicted octanol–water partition coefficient (Wildman–Crippen LogP) is 4.07. The molecular weight excluding hydrogens is 332 g/mol. The maximum atomic E-state index is 12.2. The summed E-state index contributed by atoms with van der Waals surface area (Å²) in [6, 6.07) is 15.8. The fourth-order valence-electron chi connectivity index (χ4n) is 2.54. The van der Waals surface area contributed by atoms with Gasteiger partial charge in [-0.05, 0) is 30.5 Å². The molecule has 0 fully saturated rings. The van der Waals surface area contributed by atoms with Gasteiger partial charge in [-0.3, -0.25) is 9.89 Å². The van der Waals surface area contributed by atoms with Crippen molar-refractivity contribution in [2.24, 2.45) is 0 Å². The third-order valence-electron chi connectivity index (χ3n) is 3.87. The van der Waals surface area contributed by atoms with E-state index >= 15 is 0 Å². The highest BCUT2D eigenvalue weighted by atomic mass is 32.2. The Morgan fingerprint density at radius 3 is 2.72 bits per heavy atom. The van der Waals surface area contributed by atoms with Gasteiger partial charge in [0.05, 0.1) is 5.75 Å². The molecule has 0 aliphatic carbocycles. The number of hydrogen-bond acceptors (Lipinski definition) is 4. The summed E-state index contributed by atoms with van der Waals surface area (Å²) >= 11 is 1.32. The van der Waals surface area contributed by atoms with Crippen LogP contribution in [0.3, 0.4) is 0 Å². The van der Waals surface area contributed by atoms with Gasteiger partial charge in [-0.2, -0.15) is 0 Å². The summed E-state index contributed by atoms with van der Waals surface area (Å²) in [5.41, 5.74) is 4.14. The Hall–Kier alpha value is -2.60. The summed E-state index contributed by atoms with van der Waals surface area (Å²) in [6.07, 6.45) is 0.879. The Bertz CT molecular complexity index is 875. The van der Waals surface area contributed by atoms with Crippen LogP contribution in [-0.4, -0.2) is 26.8 Å². The van der Waals surface area contributed by atoms with Crippen molar-refractivity contribution >= 4 is 23.4 Å². The average molecular weight is 352 g/mol. The van der Waals surface area contributed by atoms with Crippen LogP contribution in [-0.2, 0) is 11.2 Å². The van der Waals surface area contributed by atoms with Gasteiger partial charge in [0.15, 0.2) is 5.82 Å². The molecule has 5 nitrogen and oxygen atoms in total. The number of carbonyl (C=O) groups excluding carboxylic acids is 1. The van der Waals surface area contributed by atoms with E-state index in [9.17, 15) is 4.79 Å². The van der Waals surface area contributed by atoms with Crippen LogP contribution in [0.25, 0.3) is 11.4 Å². The summed E-state index contributed by atoms with van der Waals surface area (Å²) in [6.45, 7) is 4.10. The lowest BCUT2D eigenvalue weighted by molar-refractivity contribution is -0.113. The lowest BCUT2D eigenvalue weighted by Gasteiger charge is -2.08. The van der Waals surface area contributed by atoms with Crippen LogP contribution in [0.5, 0.6) is 0 Å². The summed E-state index contributed by atoms with van der Waals surface area (Å²) in [7, 11) is 0. The number of hydrogen-bond donors (Lipinski definition) is 2. The molecular formula is C19H20N4OS. The van der Waals surface area contributed by atoms with Gasteiger partial charge in [0.2, 0.25) is 11.1 Å². The van der Waals surface area contributed by atoms with Gasteiger partial charge in [-0.15, -0.1) is 5.10 Å². The van der Waals surface area contributed by atoms with Crippen molar-refractivity contribution in [2.75, 3.05) is 11.1 Å². The molecule has 128 valence electrons. The molecule has 0 radical (unpaired) electrons. The lowest BCUT2D eigenvalue weighted by Crippen LogP contribution is -2.15. The fraction of sp³-hybridized carbons (Fsp3) is 0.211. The topological polar surface area (TPSA) is 70.7 Å². The molecule has 0 aliphatic rings. The Labute approximate surface area is 151 Å². The van der Waals surface area contributed by atoms with Gasteiger partial charge in [0.1, 0.15) is 0 Å². The van der Waals surface area contributed by atoms with Gasteiger partial charge in [0.25, 0.3) is 0 Å². The Balaban J connectivity index is 1.61. The molecule has 3 aromatic rings. The Morgan fingerprint density at radius 1 is 1.16 bits per heavy atom. The van der Waals surface area contributed by atoms with Crippen LogP contribution < -0.4 is 5.32 Å². The van der Waals surface area contributed by atoms with Crippen molar-refractivity contribution in [1.29, 1.82) is 0 Å². The number of anilines is 1. The number of nitrogens with zero attached hydrogens (tertiary/aromatic N) is 2. The van der Waals surface area contributed by atoms with Crippen molar-refractivity contribution in [3.63, 3.8) is 0 Å². The normalized spacial score (nSPS) is 10.6. The maximum Gasteiger partial charge on any atom is 0.234 e. The maximum absolute atomic E-state index is 12.2. The number of benzene rings is 2. The van der Waals surface area contributed by atoms with E-state index in [-0.39, 0.29) is 11.7 Å². The highest BCUT2D eigenvalue weighted by Gasteiger charge is 2.11. The molecule has 0 saturated heterocycles. The molecule has 0 saturated carbocycles. The van der Waals surface area contributed by atoms with Gasteiger partial charge < -0.3 is 5.32 Å². The zero-order valence-electron chi connectivity index (χ0n) is 14.2. The Morgan fingerprint density at radius 2 is 1.92 bits per heavy atom. The van der Waals surface area contributed by atoms with Crippen LogP contribution in [0.1, 0.15) is 18.1 Å². The number of carbonyl (C=O) groups is 1. The van der Waals surface area contributed by atoms with E-state index in [0.29, 0.717) is 5.16 Å². The van der Waals surface area contributed by atoms with E-state index in [1.54, 1.807) is 0 Å². The van der Waals surface area contributed by atoms with Gasteiger partial charge in [-0.1, -0.05) is 61.2 Å². The first-order valence-electron chi connectivity index (χ1n) is 8.16. The van der Waals surface area contributed by atoms with E-state index in [1.165, 1.54) is 11.8 Å². The predicted molar refractivity (Wildman–Crippen MR) is 102 cm³/mol. The first-order valence-corrected chi connectivity index (χ1v) is 9.15. The van der Waals surface area contributed by atoms with Crippen molar-refractivity contribution in [3.05, 3.63) is 59.7 Å². The lowest BCUT2D eigenvalue weighted by atomic mass is 10.1. The molecule has 0 atom stereocenters. The minimum absolute atomic E-state index is 0.0619. The second kappa shape index (κ2) is 7.98. The zero-order chi connectivity index (χ0) is 17.6. The minimum atomic E-state index is -0.0619. The van der Waals surface area contributed by atoms with Crippen LogP contribution in [0.4, 0.5) is 5.69 Å². The molecule has 1 aromatic heterocycles. The number of rotatable bonds is 6. The van der Waals surface area contributed by atoms with Gasteiger partial charge >= 0.3 is 0 Å². The van der Waals surface area contributed by atoms with Crippen LogP contribution in [0.2, 0.25) is 0 Å². The second-order valence-corrected chi connectivity index (χ2v) is 6.57. The third-order valence-corrected chi connectivity index (χ3v) is 4.72. The van der Waals surface area contributed by atoms with Crippen molar-refractivity contribution < 1.29 is 4.79 Å². The number of aromatic amines is 1. The van der Waals surface area contributed by atoms with Crippen LogP contribution in [0, 0.1) is 6.92 Å². The highest BCUT2D eigenvalue weighted by molar-refractivity contribution is 7.99. The van der Waals surface area contributed by atoms with E-state index in [2.05, 4.69) is 27.4 Å². The van der Waals surface area contributed by atoms with Crippen molar-refractivity contribution in [1.82, 2.24) is 15.2 Å². The van der Waals surface area contributed by atoms with Gasteiger partial charge in [-0.25, -0.2) is 4.98 Å². The largest absolute Gasteiger partial charge is 0.325 e. The Kier molecular flexibility index (Phi) is 5.50. The van der Waals surface area contributed by atoms with Crippen molar-refractivity contribution in [2.45, 2.75) is 25.4 Å². The molecule has 2 N–H and O–H groups in total. The first kappa shape index (κ1) is 17.2. The summed E-state index contributed by atoms with van der Waals surface area (Å²) in [4.78, 5) is 16.7. The monoisotopic (exact) mass is 352 g/mol. The van der Waals surface area contributed by atoms with E-state index < -0.39 is 0 Å². The number of thioether (sulfide) groups is 1. The number of aryl methyl sites for hydroxylation is 2. The minimum Gasteiger partial charge on any atom is -0.325 e. The van der Waals surface area contributed by atoms with Gasteiger partial charge in [0, 0.05) is 11.3 Å². The van der Waals surface area contributed by atoms with Crippen molar-refractivity contribution in [3.8, 4) is 11.4 Å². The molecule has 2 aromatic carbocycles. The SMILES string of the molecule is CCc1ccccc1NC(=O)CSc1n[nH]c(-c2ccccc2C)n1. The number of amides is 1. The standard InChI is InChI=1S/C19H20N4OS/c1-3-14-9-5-7-11-16(14)20-17(24)12-25-19-21-18(22-23-19)15-10-6-4-8-13(15)2/h4-11H,3,12H2,1-2H3,(H,20,24)(H,21,22,23). The van der Waals surface area contributed by atoms with E-state index in [4.69, 9.17) is 0 Å². The third kappa shape index (κ3) is 4.28. The number of H-pyrrole nitrogens is 1. The number of para-hydroxylation sites is 1. The zero-order valence-corrected chi connectivity index (χ0v) is 15.1. The van der Waals surface area contributed by atoms with Crippen LogP contribution in [0.15, 0.2) is 53.7 Å². The molecule has 1 amide bonds.